The fraction of sp³-hybridized carbons (Fsp3) is 0.133. The zero-order chi connectivity index (χ0) is 15.7. The Bertz CT molecular complexity index is 861. The van der Waals surface area contributed by atoms with Crippen LogP contribution in [0.15, 0.2) is 41.7 Å². The SMILES string of the molecule is COc1ccc(-c2nc3cc(CO)ccn3c2N=O)cc1F. The molecule has 0 fully saturated rings. The van der Waals surface area contributed by atoms with Crippen LogP contribution in [0.5, 0.6) is 5.75 Å². The lowest BCUT2D eigenvalue weighted by Crippen LogP contribution is -1.89. The molecule has 3 rings (SSSR count). The predicted molar refractivity (Wildman–Crippen MR) is 78.5 cm³/mol. The van der Waals surface area contributed by atoms with E-state index in [4.69, 9.17) is 9.84 Å². The number of halogens is 1. The summed E-state index contributed by atoms with van der Waals surface area (Å²) < 4.78 is 20.2. The van der Waals surface area contributed by atoms with Crippen LogP contribution in [0.4, 0.5) is 10.2 Å². The molecule has 6 nitrogen and oxygen atoms in total. The van der Waals surface area contributed by atoms with Gasteiger partial charge in [-0.3, -0.25) is 4.40 Å². The Morgan fingerprint density at radius 3 is 2.82 bits per heavy atom. The fourth-order valence-electron chi connectivity index (χ4n) is 2.27. The van der Waals surface area contributed by atoms with E-state index in [0.717, 1.165) is 0 Å². The van der Waals surface area contributed by atoms with E-state index in [-0.39, 0.29) is 23.9 Å². The quantitative estimate of drug-likeness (QED) is 0.751. The van der Waals surface area contributed by atoms with Crippen LogP contribution in [-0.2, 0) is 6.61 Å². The predicted octanol–water partition coefficient (Wildman–Crippen LogP) is 3.04. The van der Waals surface area contributed by atoms with E-state index in [1.54, 1.807) is 24.4 Å². The molecule has 0 saturated heterocycles. The summed E-state index contributed by atoms with van der Waals surface area (Å²) in [5.41, 5.74) is 1.79. The first-order valence-corrected chi connectivity index (χ1v) is 6.47. The number of ether oxygens (including phenoxy) is 1. The van der Waals surface area contributed by atoms with Gasteiger partial charge in [0.2, 0.25) is 5.82 Å². The maximum atomic E-state index is 13.8. The number of pyridine rings is 1. The van der Waals surface area contributed by atoms with Crippen LogP contribution in [0.2, 0.25) is 0 Å². The first-order valence-electron chi connectivity index (χ1n) is 6.47. The number of hydrogen-bond donors (Lipinski definition) is 1. The topological polar surface area (TPSA) is 76.2 Å². The van der Waals surface area contributed by atoms with E-state index in [0.29, 0.717) is 16.8 Å². The second kappa shape index (κ2) is 5.53. The Morgan fingerprint density at radius 2 is 2.18 bits per heavy atom. The van der Waals surface area contributed by atoms with Crippen LogP contribution in [-0.4, -0.2) is 21.6 Å². The highest BCUT2D eigenvalue weighted by Crippen LogP contribution is 2.33. The molecule has 2 aromatic heterocycles. The minimum atomic E-state index is -0.551. The molecule has 112 valence electrons. The van der Waals surface area contributed by atoms with Crippen molar-refractivity contribution in [2.75, 3.05) is 7.11 Å². The number of fused-ring (bicyclic) bond motifs is 1. The highest BCUT2D eigenvalue weighted by molar-refractivity contribution is 5.75. The van der Waals surface area contributed by atoms with Gasteiger partial charge in [-0.1, -0.05) is 0 Å². The molecule has 0 bridgehead atoms. The first-order chi connectivity index (χ1) is 10.7. The van der Waals surface area contributed by atoms with Crippen LogP contribution in [0.1, 0.15) is 5.56 Å². The molecule has 3 aromatic rings. The van der Waals surface area contributed by atoms with Gasteiger partial charge in [-0.05, 0) is 41.1 Å². The van der Waals surface area contributed by atoms with E-state index in [1.165, 1.54) is 23.6 Å². The van der Waals surface area contributed by atoms with Gasteiger partial charge in [0.1, 0.15) is 11.3 Å². The monoisotopic (exact) mass is 301 g/mol. The van der Waals surface area contributed by atoms with Crippen molar-refractivity contribution in [3.8, 4) is 17.0 Å². The van der Waals surface area contributed by atoms with Crippen molar-refractivity contribution in [1.82, 2.24) is 9.38 Å². The number of hydrogen-bond acceptors (Lipinski definition) is 5. The van der Waals surface area contributed by atoms with Crippen LogP contribution in [0.3, 0.4) is 0 Å². The number of methoxy groups -OCH3 is 1. The van der Waals surface area contributed by atoms with E-state index in [1.807, 2.05) is 0 Å². The Kier molecular flexibility index (Phi) is 3.56. The van der Waals surface area contributed by atoms with Crippen molar-refractivity contribution in [1.29, 1.82) is 0 Å². The van der Waals surface area contributed by atoms with Crippen LogP contribution < -0.4 is 4.74 Å². The number of imidazole rings is 1. The lowest BCUT2D eigenvalue weighted by atomic mass is 10.1. The fourth-order valence-corrected chi connectivity index (χ4v) is 2.27. The van der Waals surface area contributed by atoms with Crippen LogP contribution in [0, 0.1) is 10.7 Å². The molecule has 0 aliphatic carbocycles. The van der Waals surface area contributed by atoms with Crippen LogP contribution in [0.25, 0.3) is 16.9 Å². The summed E-state index contributed by atoms with van der Waals surface area (Å²) in [4.78, 5) is 15.5. The Morgan fingerprint density at radius 1 is 1.36 bits per heavy atom. The maximum Gasteiger partial charge on any atom is 0.209 e. The second-order valence-electron chi connectivity index (χ2n) is 4.65. The smallest absolute Gasteiger partial charge is 0.209 e. The summed E-state index contributed by atoms with van der Waals surface area (Å²) in [5, 5.41) is 12.2. The van der Waals surface area contributed by atoms with Gasteiger partial charge in [0, 0.05) is 11.8 Å². The summed E-state index contributed by atoms with van der Waals surface area (Å²) in [6.07, 6.45) is 1.59. The maximum absolute atomic E-state index is 13.8. The molecule has 2 heterocycles. The largest absolute Gasteiger partial charge is 0.494 e. The van der Waals surface area contributed by atoms with Crippen molar-refractivity contribution in [2.45, 2.75) is 6.61 Å². The second-order valence-corrected chi connectivity index (χ2v) is 4.65. The normalized spacial score (nSPS) is 10.9. The average molecular weight is 301 g/mol. The zero-order valence-electron chi connectivity index (χ0n) is 11.7. The third-order valence-corrected chi connectivity index (χ3v) is 3.36. The zero-order valence-corrected chi connectivity index (χ0v) is 11.7. The molecular weight excluding hydrogens is 289 g/mol. The molecule has 7 heteroatoms. The number of aliphatic hydroxyl groups is 1. The molecule has 0 radical (unpaired) electrons. The van der Waals surface area contributed by atoms with Gasteiger partial charge in [0.25, 0.3) is 0 Å². The minimum absolute atomic E-state index is 0.0732. The molecule has 0 spiro atoms. The Balaban J connectivity index is 2.21. The van der Waals surface area contributed by atoms with Gasteiger partial charge in [-0.2, -0.15) is 0 Å². The van der Waals surface area contributed by atoms with E-state index in [9.17, 15) is 9.30 Å². The van der Waals surface area contributed by atoms with Crippen molar-refractivity contribution in [3.05, 3.63) is 52.8 Å². The van der Waals surface area contributed by atoms with Gasteiger partial charge in [-0.25, -0.2) is 9.37 Å². The number of rotatable bonds is 4. The van der Waals surface area contributed by atoms with Crippen molar-refractivity contribution in [2.24, 2.45) is 5.18 Å². The molecule has 22 heavy (non-hydrogen) atoms. The number of aromatic nitrogens is 2. The third kappa shape index (κ3) is 2.21. The van der Waals surface area contributed by atoms with Crippen molar-refractivity contribution < 1.29 is 14.2 Å². The Labute approximate surface area is 124 Å². The van der Waals surface area contributed by atoms with Crippen molar-refractivity contribution >= 4 is 11.5 Å². The summed E-state index contributed by atoms with van der Waals surface area (Å²) >= 11 is 0. The molecule has 0 atom stereocenters. The van der Waals surface area contributed by atoms with Crippen LogP contribution >= 0.6 is 0 Å². The highest BCUT2D eigenvalue weighted by Gasteiger charge is 2.16. The summed E-state index contributed by atoms with van der Waals surface area (Å²) in [7, 11) is 1.37. The molecule has 0 amide bonds. The van der Waals surface area contributed by atoms with E-state index >= 15 is 0 Å². The number of benzene rings is 1. The van der Waals surface area contributed by atoms with Gasteiger partial charge < -0.3 is 9.84 Å². The van der Waals surface area contributed by atoms with Gasteiger partial charge in [0.05, 0.1) is 13.7 Å². The van der Waals surface area contributed by atoms with Gasteiger partial charge in [-0.15, -0.1) is 4.91 Å². The van der Waals surface area contributed by atoms with E-state index < -0.39 is 5.82 Å². The number of aliphatic hydroxyl groups excluding tert-OH is 1. The van der Waals surface area contributed by atoms with E-state index in [2.05, 4.69) is 10.2 Å². The lowest BCUT2D eigenvalue weighted by molar-refractivity contribution is 0.282. The molecule has 0 saturated carbocycles. The summed E-state index contributed by atoms with van der Waals surface area (Å²) in [6, 6.07) is 7.59. The summed E-state index contributed by atoms with van der Waals surface area (Å²) in [5.74, 6) is -0.371. The highest BCUT2D eigenvalue weighted by atomic mass is 19.1. The first kappa shape index (κ1) is 14.2. The molecule has 0 aliphatic heterocycles. The van der Waals surface area contributed by atoms with Gasteiger partial charge in [0.15, 0.2) is 11.6 Å². The van der Waals surface area contributed by atoms with Crippen molar-refractivity contribution in [3.63, 3.8) is 0 Å². The minimum Gasteiger partial charge on any atom is -0.494 e. The Hall–Kier alpha value is -2.80. The third-order valence-electron chi connectivity index (χ3n) is 3.36. The lowest BCUT2D eigenvalue weighted by Gasteiger charge is -2.03. The average Bonchev–Trinajstić information content (AvgIpc) is 2.92. The molecule has 0 unspecified atom stereocenters. The molecule has 1 aromatic carbocycles. The molecular formula is C15H12FN3O3. The van der Waals surface area contributed by atoms with Gasteiger partial charge >= 0.3 is 0 Å². The summed E-state index contributed by atoms with van der Waals surface area (Å²) in [6.45, 7) is -0.139. The molecule has 0 aliphatic rings. The number of nitroso groups, excluding NO2 is 1. The standard InChI is InChI=1S/C15H12FN3O3/c1-22-12-3-2-10(7-11(12)16)14-15(18-21)19-5-4-9(8-20)6-13(19)17-14/h2-7,20H,8H2,1H3. The molecule has 1 N–H and O–H groups in total. The number of nitrogens with zero attached hydrogens (tertiary/aromatic N) is 3.